The summed E-state index contributed by atoms with van der Waals surface area (Å²) in [5.41, 5.74) is 1.76. The van der Waals surface area contributed by atoms with Crippen molar-refractivity contribution in [1.29, 1.82) is 0 Å². The number of methoxy groups -OCH3 is 2. The highest BCUT2D eigenvalue weighted by atomic mass is 79.9. The Hall–Kier alpha value is -1.93. The Balaban J connectivity index is 1.62. The van der Waals surface area contributed by atoms with Gasteiger partial charge in [-0.05, 0) is 46.3 Å². The minimum atomic E-state index is -0.0978. The van der Waals surface area contributed by atoms with E-state index >= 15 is 0 Å². The maximum absolute atomic E-state index is 12.6. The van der Waals surface area contributed by atoms with Gasteiger partial charge in [-0.2, -0.15) is 0 Å². The van der Waals surface area contributed by atoms with Gasteiger partial charge in [0.15, 0.2) is 0 Å². The summed E-state index contributed by atoms with van der Waals surface area (Å²) in [6.45, 7) is 2.74. The number of ether oxygens (including phenoxy) is 2. The maximum Gasteiger partial charge on any atom is 0.321 e. The highest BCUT2D eigenvalue weighted by molar-refractivity contribution is 9.11. The molecule has 2 aromatic carbocycles. The van der Waals surface area contributed by atoms with Crippen LogP contribution in [0.5, 0.6) is 11.5 Å². The Morgan fingerprint density at radius 2 is 1.74 bits per heavy atom. The molecule has 3 rings (SSSR count). The van der Waals surface area contributed by atoms with Crippen LogP contribution in [0, 0.1) is 0 Å². The van der Waals surface area contributed by atoms with Crippen LogP contribution >= 0.6 is 31.9 Å². The van der Waals surface area contributed by atoms with Crippen LogP contribution in [0.15, 0.2) is 45.3 Å². The Labute approximate surface area is 175 Å². The lowest BCUT2D eigenvalue weighted by molar-refractivity contribution is 0.208. The molecule has 6 nitrogen and oxygen atoms in total. The van der Waals surface area contributed by atoms with Gasteiger partial charge in [-0.15, -0.1) is 0 Å². The summed E-state index contributed by atoms with van der Waals surface area (Å²) in [5, 5.41) is 2.96. The fourth-order valence-electron chi connectivity index (χ4n) is 2.98. The number of urea groups is 1. The van der Waals surface area contributed by atoms with Crippen LogP contribution < -0.4 is 19.7 Å². The van der Waals surface area contributed by atoms with Crippen LogP contribution in [0.1, 0.15) is 0 Å². The Bertz CT molecular complexity index is 824. The van der Waals surface area contributed by atoms with E-state index < -0.39 is 0 Å². The number of rotatable bonds is 4. The zero-order valence-corrected chi connectivity index (χ0v) is 18.3. The van der Waals surface area contributed by atoms with Crippen LogP contribution in [0.2, 0.25) is 0 Å². The van der Waals surface area contributed by atoms with Gasteiger partial charge in [0.05, 0.1) is 25.6 Å². The van der Waals surface area contributed by atoms with Gasteiger partial charge >= 0.3 is 6.03 Å². The maximum atomic E-state index is 12.6. The quantitative estimate of drug-likeness (QED) is 0.670. The van der Waals surface area contributed by atoms with Gasteiger partial charge in [-0.1, -0.05) is 15.9 Å². The molecule has 1 saturated heterocycles. The summed E-state index contributed by atoms with van der Waals surface area (Å²) in [6.07, 6.45) is 0. The van der Waals surface area contributed by atoms with Crippen LogP contribution in [0.4, 0.5) is 16.2 Å². The summed E-state index contributed by atoms with van der Waals surface area (Å²) in [5.74, 6) is 1.53. The number of carbonyl (C=O) groups excluding carboxylic acids is 1. The molecule has 2 amide bonds. The number of hydrogen-bond acceptors (Lipinski definition) is 4. The molecule has 1 fully saturated rings. The van der Waals surface area contributed by atoms with E-state index in [-0.39, 0.29) is 6.03 Å². The summed E-state index contributed by atoms with van der Waals surface area (Å²) < 4.78 is 12.5. The number of amides is 2. The van der Waals surface area contributed by atoms with Crippen molar-refractivity contribution in [2.45, 2.75) is 0 Å². The predicted octanol–water partition coefficient (Wildman–Crippen LogP) is 4.58. The van der Waals surface area contributed by atoms with Crippen molar-refractivity contribution in [2.24, 2.45) is 0 Å². The predicted molar refractivity (Wildman–Crippen MR) is 114 cm³/mol. The van der Waals surface area contributed by atoms with E-state index in [1.54, 1.807) is 14.2 Å². The molecule has 27 heavy (non-hydrogen) atoms. The van der Waals surface area contributed by atoms with Gasteiger partial charge in [-0.3, -0.25) is 0 Å². The molecule has 0 radical (unpaired) electrons. The summed E-state index contributed by atoms with van der Waals surface area (Å²) in [4.78, 5) is 16.6. The number of hydrogen-bond donors (Lipinski definition) is 1. The molecule has 0 spiro atoms. The minimum Gasteiger partial charge on any atom is -0.497 e. The van der Waals surface area contributed by atoms with Crippen molar-refractivity contribution >= 4 is 49.3 Å². The molecule has 1 heterocycles. The van der Waals surface area contributed by atoms with Crippen molar-refractivity contribution in [1.82, 2.24) is 4.90 Å². The third-order valence-corrected chi connectivity index (χ3v) is 5.62. The molecule has 0 atom stereocenters. The van der Waals surface area contributed by atoms with E-state index in [9.17, 15) is 4.79 Å². The summed E-state index contributed by atoms with van der Waals surface area (Å²) >= 11 is 6.88. The number of nitrogens with one attached hydrogen (secondary N) is 1. The fraction of sp³-hybridized carbons (Fsp3) is 0.316. The second kappa shape index (κ2) is 8.84. The topological polar surface area (TPSA) is 54.0 Å². The van der Waals surface area contributed by atoms with Gasteiger partial charge in [0.25, 0.3) is 0 Å². The molecule has 0 aliphatic carbocycles. The Morgan fingerprint density at radius 1 is 1.00 bits per heavy atom. The number of nitrogens with zero attached hydrogens (tertiary/aromatic N) is 2. The Kier molecular flexibility index (Phi) is 6.49. The largest absolute Gasteiger partial charge is 0.497 e. The zero-order valence-electron chi connectivity index (χ0n) is 15.2. The first-order valence-electron chi connectivity index (χ1n) is 8.50. The van der Waals surface area contributed by atoms with Crippen molar-refractivity contribution in [3.8, 4) is 11.5 Å². The van der Waals surface area contributed by atoms with Gasteiger partial charge in [0.1, 0.15) is 11.5 Å². The van der Waals surface area contributed by atoms with Gasteiger partial charge in [0.2, 0.25) is 0 Å². The number of benzene rings is 2. The third-order valence-electron chi connectivity index (χ3n) is 4.47. The van der Waals surface area contributed by atoms with E-state index in [2.05, 4.69) is 42.1 Å². The molecule has 0 bridgehead atoms. The molecule has 1 aliphatic rings. The number of carbonyl (C=O) groups is 1. The highest BCUT2D eigenvalue weighted by Gasteiger charge is 2.23. The minimum absolute atomic E-state index is 0.0978. The first-order valence-corrected chi connectivity index (χ1v) is 10.1. The third kappa shape index (κ3) is 4.68. The average molecular weight is 499 g/mol. The molecule has 0 saturated carbocycles. The molecule has 144 valence electrons. The second-order valence-electron chi connectivity index (χ2n) is 6.07. The lowest BCUT2D eigenvalue weighted by Crippen LogP contribution is -2.50. The molecular weight excluding hydrogens is 478 g/mol. The standard InChI is InChI=1S/C19H21Br2N3O3/c1-26-14-4-6-17(18(12-14)27-2)23-7-9-24(10-8-23)19(25)22-16-5-3-13(20)11-15(16)21/h3-6,11-12H,7-10H2,1-2H3,(H,22,25). The van der Waals surface area contributed by atoms with Gasteiger partial charge in [-0.25, -0.2) is 4.79 Å². The lowest BCUT2D eigenvalue weighted by Gasteiger charge is -2.36. The fourth-order valence-corrected chi connectivity index (χ4v) is 4.13. The zero-order chi connectivity index (χ0) is 19.4. The second-order valence-corrected chi connectivity index (χ2v) is 7.84. The van der Waals surface area contributed by atoms with Crippen molar-refractivity contribution in [2.75, 3.05) is 50.6 Å². The van der Waals surface area contributed by atoms with Crippen LogP contribution in [-0.4, -0.2) is 51.3 Å². The molecule has 0 aromatic heterocycles. The first-order chi connectivity index (χ1) is 13.0. The van der Waals surface area contributed by atoms with Gasteiger partial charge < -0.3 is 24.6 Å². The summed E-state index contributed by atoms with van der Waals surface area (Å²) in [7, 11) is 3.29. The number of anilines is 2. The summed E-state index contributed by atoms with van der Waals surface area (Å²) in [6, 6.07) is 11.4. The molecule has 2 aromatic rings. The highest BCUT2D eigenvalue weighted by Crippen LogP contribution is 2.33. The van der Waals surface area contributed by atoms with E-state index in [0.717, 1.165) is 44.9 Å². The molecule has 8 heteroatoms. The van der Waals surface area contributed by atoms with Crippen molar-refractivity contribution in [3.63, 3.8) is 0 Å². The van der Waals surface area contributed by atoms with Crippen LogP contribution in [-0.2, 0) is 0 Å². The molecule has 1 aliphatic heterocycles. The van der Waals surface area contributed by atoms with Crippen molar-refractivity contribution in [3.05, 3.63) is 45.3 Å². The molecular formula is C19H21Br2N3O3. The van der Waals surface area contributed by atoms with E-state index in [1.807, 2.05) is 41.3 Å². The monoisotopic (exact) mass is 497 g/mol. The SMILES string of the molecule is COc1ccc(N2CCN(C(=O)Nc3ccc(Br)cc3Br)CC2)c(OC)c1. The molecule has 0 unspecified atom stereocenters. The van der Waals surface area contributed by atoms with E-state index in [4.69, 9.17) is 9.47 Å². The smallest absolute Gasteiger partial charge is 0.321 e. The lowest BCUT2D eigenvalue weighted by atomic mass is 10.2. The first kappa shape index (κ1) is 19.8. The Morgan fingerprint density at radius 3 is 2.37 bits per heavy atom. The van der Waals surface area contributed by atoms with Crippen molar-refractivity contribution < 1.29 is 14.3 Å². The van der Waals surface area contributed by atoms with Crippen LogP contribution in [0.3, 0.4) is 0 Å². The number of halogens is 2. The average Bonchev–Trinajstić information content (AvgIpc) is 2.69. The van der Waals surface area contributed by atoms with E-state index in [0.29, 0.717) is 13.1 Å². The normalized spacial score (nSPS) is 14.1. The van der Waals surface area contributed by atoms with Gasteiger partial charge in [0, 0.05) is 41.2 Å². The molecule has 1 N–H and O–H groups in total. The van der Waals surface area contributed by atoms with E-state index in [1.165, 1.54) is 0 Å². The number of piperazine rings is 1. The van der Waals surface area contributed by atoms with Crippen LogP contribution in [0.25, 0.3) is 0 Å².